The topological polar surface area (TPSA) is 33.1 Å². The summed E-state index contributed by atoms with van der Waals surface area (Å²) in [6, 6.07) is 4.45. The molecule has 18 heavy (non-hydrogen) atoms. The van der Waals surface area contributed by atoms with Crippen LogP contribution in [0.15, 0.2) is 24.8 Å². The first-order valence-electron chi connectivity index (χ1n) is 5.24. The molecule has 2 nitrogen and oxygen atoms in total. The quantitative estimate of drug-likeness (QED) is 0.919. The molecule has 0 aliphatic rings. The number of aliphatic hydroxyl groups is 1. The molecule has 94 valence electrons. The average Bonchev–Trinajstić information content (AvgIpc) is 2.77. The predicted molar refractivity (Wildman–Crippen MR) is 73.1 cm³/mol. The van der Waals surface area contributed by atoms with Crippen molar-refractivity contribution in [3.8, 4) is 10.6 Å². The second kappa shape index (κ2) is 5.18. The van der Waals surface area contributed by atoms with Gasteiger partial charge in [0, 0.05) is 5.56 Å². The summed E-state index contributed by atoms with van der Waals surface area (Å²) in [6.07, 6.45) is 0. The molecular formula is C13H11ClFNOS. The van der Waals surface area contributed by atoms with E-state index in [-0.39, 0.29) is 11.6 Å². The molecule has 2 rings (SSSR count). The smallest absolute Gasteiger partial charge is 0.141 e. The summed E-state index contributed by atoms with van der Waals surface area (Å²) >= 11 is 7.15. The van der Waals surface area contributed by atoms with Gasteiger partial charge in [0.2, 0.25) is 0 Å². The van der Waals surface area contributed by atoms with Gasteiger partial charge in [0.05, 0.1) is 22.2 Å². The second-order valence-corrected chi connectivity index (χ2v) is 5.27. The fourth-order valence-corrected chi connectivity index (χ4v) is 2.72. The Morgan fingerprint density at radius 3 is 2.78 bits per heavy atom. The van der Waals surface area contributed by atoms with Crippen LogP contribution in [0.2, 0.25) is 5.02 Å². The Morgan fingerprint density at radius 1 is 1.56 bits per heavy atom. The zero-order chi connectivity index (χ0) is 13.3. The highest BCUT2D eigenvalue weighted by atomic mass is 35.5. The molecule has 0 aliphatic carbocycles. The predicted octanol–water partition coefficient (Wildman–Crippen LogP) is 4.13. The number of hydrogen-bond acceptors (Lipinski definition) is 3. The van der Waals surface area contributed by atoms with E-state index in [9.17, 15) is 9.50 Å². The van der Waals surface area contributed by atoms with Crippen LogP contribution >= 0.6 is 22.9 Å². The van der Waals surface area contributed by atoms with Crippen LogP contribution in [-0.4, -0.2) is 10.1 Å². The van der Waals surface area contributed by atoms with E-state index in [2.05, 4.69) is 11.6 Å². The van der Waals surface area contributed by atoms with Crippen molar-refractivity contribution in [2.75, 3.05) is 0 Å². The Labute approximate surface area is 113 Å². The molecular weight excluding hydrogens is 273 g/mol. The van der Waals surface area contributed by atoms with E-state index in [1.807, 2.05) is 6.92 Å². The van der Waals surface area contributed by atoms with Crippen LogP contribution in [0.3, 0.4) is 0 Å². The van der Waals surface area contributed by atoms with Crippen LogP contribution in [-0.2, 0) is 6.61 Å². The molecule has 0 saturated heterocycles. The van der Waals surface area contributed by atoms with Gasteiger partial charge in [-0.2, -0.15) is 0 Å². The maximum Gasteiger partial charge on any atom is 0.141 e. The Kier molecular flexibility index (Phi) is 3.80. The van der Waals surface area contributed by atoms with E-state index in [0.717, 1.165) is 16.0 Å². The summed E-state index contributed by atoms with van der Waals surface area (Å²) in [4.78, 5) is 5.17. The van der Waals surface area contributed by atoms with E-state index >= 15 is 0 Å². The number of thiazole rings is 1. The molecule has 1 N–H and O–H groups in total. The lowest BCUT2D eigenvalue weighted by molar-refractivity contribution is 0.277. The lowest BCUT2D eigenvalue weighted by Crippen LogP contribution is -1.87. The van der Waals surface area contributed by atoms with Gasteiger partial charge in [-0.1, -0.05) is 18.2 Å². The molecule has 0 amide bonds. The number of aliphatic hydroxyl groups excluding tert-OH is 1. The van der Waals surface area contributed by atoms with Crippen molar-refractivity contribution < 1.29 is 9.50 Å². The van der Waals surface area contributed by atoms with Gasteiger partial charge in [-0.25, -0.2) is 9.37 Å². The molecule has 1 aromatic heterocycles. The van der Waals surface area contributed by atoms with E-state index in [0.29, 0.717) is 10.7 Å². The first kappa shape index (κ1) is 13.2. The Bertz CT molecular complexity index is 609. The average molecular weight is 284 g/mol. The van der Waals surface area contributed by atoms with Crippen LogP contribution in [0.5, 0.6) is 0 Å². The standard InChI is InChI=1S/C13H11ClFNOS/c1-7(2)12-11(6-17)16-13(18-12)8-3-4-10(15)9(14)5-8/h3-5,17H,1,6H2,2H3. The molecule has 0 radical (unpaired) electrons. The fourth-order valence-electron chi connectivity index (χ4n) is 1.54. The van der Waals surface area contributed by atoms with Crippen molar-refractivity contribution >= 4 is 28.5 Å². The number of halogens is 2. The van der Waals surface area contributed by atoms with Gasteiger partial charge in [0.15, 0.2) is 0 Å². The molecule has 0 unspecified atom stereocenters. The largest absolute Gasteiger partial charge is 0.390 e. The second-order valence-electron chi connectivity index (χ2n) is 3.86. The van der Waals surface area contributed by atoms with Gasteiger partial charge < -0.3 is 5.11 Å². The molecule has 1 aromatic carbocycles. The lowest BCUT2D eigenvalue weighted by atomic mass is 10.2. The normalized spacial score (nSPS) is 10.7. The summed E-state index contributed by atoms with van der Waals surface area (Å²) in [6.45, 7) is 5.56. The van der Waals surface area contributed by atoms with Crippen LogP contribution in [0, 0.1) is 5.82 Å². The third-order valence-corrected chi connectivity index (χ3v) is 4.00. The Balaban J connectivity index is 2.50. The zero-order valence-electron chi connectivity index (χ0n) is 9.70. The van der Waals surface area contributed by atoms with E-state index in [1.54, 1.807) is 6.07 Å². The first-order valence-corrected chi connectivity index (χ1v) is 6.44. The van der Waals surface area contributed by atoms with E-state index < -0.39 is 5.82 Å². The number of aromatic nitrogens is 1. The Morgan fingerprint density at radius 2 is 2.28 bits per heavy atom. The van der Waals surface area contributed by atoms with E-state index in [4.69, 9.17) is 11.6 Å². The fraction of sp³-hybridized carbons (Fsp3) is 0.154. The summed E-state index contributed by atoms with van der Waals surface area (Å²) in [7, 11) is 0. The summed E-state index contributed by atoms with van der Waals surface area (Å²) < 4.78 is 13.1. The molecule has 1 heterocycles. The van der Waals surface area contributed by atoms with Crippen LogP contribution in [0.4, 0.5) is 4.39 Å². The number of allylic oxidation sites excluding steroid dienone is 1. The van der Waals surface area contributed by atoms with Crippen LogP contribution in [0.1, 0.15) is 17.5 Å². The van der Waals surface area contributed by atoms with Gasteiger partial charge in [-0.15, -0.1) is 11.3 Å². The molecule has 0 aliphatic heterocycles. The molecule has 0 fully saturated rings. The number of rotatable bonds is 3. The summed E-state index contributed by atoms with van der Waals surface area (Å²) in [5, 5.41) is 10.00. The highest BCUT2D eigenvalue weighted by Crippen LogP contribution is 2.33. The molecule has 0 atom stereocenters. The monoisotopic (exact) mass is 283 g/mol. The van der Waals surface area contributed by atoms with Crippen LogP contribution < -0.4 is 0 Å². The highest BCUT2D eigenvalue weighted by Gasteiger charge is 2.13. The Hall–Kier alpha value is -1.23. The summed E-state index contributed by atoms with van der Waals surface area (Å²) in [5.41, 5.74) is 2.16. The first-order chi connectivity index (χ1) is 8.52. The van der Waals surface area contributed by atoms with Crippen molar-refractivity contribution in [3.05, 3.63) is 46.2 Å². The number of nitrogens with zero attached hydrogens (tertiary/aromatic N) is 1. The maximum absolute atomic E-state index is 13.1. The van der Waals surface area contributed by atoms with Crippen molar-refractivity contribution in [1.82, 2.24) is 4.98 Å². The van der Waals surface area contributed by atoms with Crippen LogP contribution in [0.25, 0.3) is 16.1 Å². The lowest BCUT2D eigenvalue weighted by Gasteiger charge is -1.98. The molecule has 0 bridgehead atoms. The van der Waals surface area contributed by atoms with E-state index in [1.165, 1.54) is 23.5 Å². The van der Waals surface area contributed by atoms with Crippen molar-refractivity contribution in [2.24, 2.45) is 0 Å². The van der Waals surface area contributed by atoms with Crippen molar-refractivity contribution in [2.45, 2.75) is 13.5 Å². The minimum Gasteiger partial charge on any atom is -0.390 e. The number of hydrogen-bond donors (Lipinski definition) is 1. The third-order valence-electron chi connectivity index (χ3n) is 2.40. The van der Waals surface area contributed by atoms with Crippen molar-refractivity contribution in [3.63, 3.8) is 0 Å². The van der Waals surface area contributed by atoms with Gasteiger partial charge in [0.25, 0.3) is 0 Å². The highest BCUT2D eigenvalue weighted by molar-refractivity contribution is 7.16. The molecule has 2 aromatic rings. The minimum absolute atomic E-state index is 0.0603. The molecule has 5 heteroatoms. The van der Waals surface area contributed by atoms with Gasteiger partial charge in [-0.3, -0.25) is 0 Å². The SMILES string of the molecule is C=C(C)c1sc(-c2ccc(F)c(Cl)c2)nc1CO. The zero-order valence-corrected chi connectivity index (χ0v) is 11.3. The molecule has 0 spiro atoms. The maximum atomic E-state index is 13.1. The van der Waals surface area contributed by atoms with Gasteiger partial charge in [0.1, 0.15) is 10.8 Å². The van der Waals surface area contributed by atoms with Crippen molar-refractivity contribution in [1.29, 1.82) is 0 Å². The van der Waals surface area contributed by atoms with Gasteiger partial charge in [-0.05, 0) is 30.7 Å². The van der Waals surface area contributed by atoms with Gasteiger partial charge >= 0.3 is 0 Å². The number of benzene rings is 1. The third kappa shape index (κ3) is 2.46. The minimum atomic E-state index is -0.459. The molecule has 0 saturated carbocycles. The summed E-state index contributed by atoms with van der Waals surface area (Å²) in [5.74, 6) is -0.459.